The smallest absolute Gasteiger partial charge is 0.337 e. The lowest BCUT2D eigenvalue weighted by Crippen LogP contribution is -1.99. The summed E-state index contributed by atoms with van der Waals surface area (Å²) in [6.45, 7) is 0.349. The van der Waals surface area contributed by atoms with E-state index in [2.05, 4.69) is 4.98 Å². The maximum Gasteiger partial charge on any atom is 0.337 e. The van der Waals surface area contributed by atoms with Gasteiger partial charge in [-0.3, -0.25) is 4.98 Å². The molecule has 0 atom stereocenters. The van der Waals surface area contributed by atoms with E-state index in [1.165, 1.54) is 29.8 Å². The van der Waals surface area contributed by atoms with Crippen LogP contribution in [0.15, 0.2) is 30.6 Å². The van der Waals surface area contributed by atoms with Gasteiger partial charge in [-0.05, 0) is 18.2 Å². The van der Waals surface area contributed by atoms with Gasteiger partial charge in [-0.2, -0.15) is 0 Å². The SMILES string of the molecule is O=C(O)c1cncc(OCc2ccc(Cl)s2)c1. The van der Waals surface area contributed by atoms with Gasteiger partial charge >= 0.3 is 5.97 Å². The number of pyridine rings is 1. The van der Waals surface area contributed by atoms with E-state index < -0.39 is 5.97 Å². The first kappa shape index (κ1) is 11.9. The van der Waals surface area contributed by atoms with Gasteiger partial charge in [0.05, 0.1) is 16.1 Å². The summed E-state index contributed by atoms with van der Waals surface area (Å²) in [4.78, 5) is 15.5. The van der Waals surface area contributed by atoms with E-state index in [0.29, 0.717) is 16.7 Å². The lowest BCUT2D eigenvalue weighted by atomic mass is 10.3. The Bertz CT molecular complexity index is 541. The molecular weight excluding hydrogens is 262 g/mol. The minimum atomic E-state index is -1.03. The predicted octanol–water partition coefficient (Wildman–Crippen LogP) is 3.07. The molecule has 88 valence electrons. The number of rotatable bonds is 4. The molecule has 2 heterocycles. The topological polar surface area (TPSA) is 59.4 Å². The lowest BCUT2D eigenvalue weighted by molar-refractivity contribution is 0.0696. The summed E-state index contributed by atoms with van der Waals surface area (Å²) in [5.41, 5.74) is 0.103. The molecule has 0 fully saturated rings. The molecule has 0 radical (unpaired) electrons. The average Bonchev–Trinajstić information content (AvgIpc) is 2.73. The molecule has 0 saturated carbocycles. The molecule has 2 aromatic heterocycles. The van der Waals surface area contributed by atoms with Crippen molar-refractivity contribution in [1.82, 2.24) is 4.98 Å². The fraction of sp³-hybridized carbons (Fsp3) is 0.0909. The molecule has 2 rings (SSSR count). The maximum absolute atomic E-state index is 10.7. The van der Waals surface area contributed by atoms with Crippen LogP contribution in [0, 0.1) is 0 Å². The van der Waals surface area contributed by atoms with Gasteiger partial charge in [-0.25, -0.2) is 4.79 Å². The van der Waals surface area contributed by atoms with Crippen molar-refractivity contribution in [3.8, 4) is 5.75 Å². The zero-order valence-corrected chi connectivity index (χ0v) is 10.2. The van der Waals surface area contributed by atoms with E-state index in [9.17, 15) is 4.79 Å². The molecule has 0 unspecified atom stereocenters. The van der Waals surface area contributed by atoms with Crippen molar-refractivity contribution in [2.45, 2.75) is 6.61 Å². The molecule has 0 bridgehead atoms. The lowest BCUT2D eigenvalue weighted by Gasteiger charge is -2.04. The monoisotopic (exact) mass is 269 g/mol. The van der Waals surface area contributed by atoms with Crippen LogP contribution in [-0.4, -0.2) is 16.1 Å². The van der Waals surface area contributed by atoms with Gasteiger partial charge in [0.15, 0.2) is 0 Å². The van der Waals surface area contributed by atoms with Crippen molar-refractivity contribution in [3.63, 3.8) is 0 Å². The Hall–Kier alpha value is -1.59. The first-order chi connectivity index (χ1) is 8.15. The highest BCUT2D eigenvalue weighted by Gasteiger charge is 2.05. The van der Waals surface area contributed by atoms with Gasteiger partial charge in [0.2, 0.25) is 0 Å². The van der Waals surface area contributed by atoms with Crippen molar-refractivity contribution < 1.29 is 14.6 Å². The van der Waals surface area contributed by atoms with Gasteiger partial charge in [0.1, 0.15) is 12.4 Å². The number of thiophene rings is 1. The van der Waals surface area contributed by atoms with Gasteiger partial charge in [0.25, 0.3) is 0 Å². The quantitative estimate of drug-likeness (QED) is 0.927. The number of aromatic carboxylic acids is 1. The molecular formula is C11H8ClNO3S. The molecule has 0 spiro atoms. The number of carbonyl (C=O) groups is 1. The van der Waals surface area contributed by atoms with Crippen LogP contribution in [0.1, 0.15) is 15.2 Å². The standard InChI is InChI=1S/C11H8ClNO3S/c12-10-2-1-9(17-10)6-16-8-3-7(11(14)15)4-13-5-8/h1-5H,6H2,(H,14,15). The third-order valence-electron chi connectivity index (χ3n) is 1.97. The highest BCUT2D eigenvalue weighted by atomic mass is 35.5. The Kier molecular flexibility index (Phi) is 3.61. The Morgan fingerprint density at radius 1 is 1.47 bits per heavy atom. The summed E-state index contributed by atoms with van der Waals surface area (Å²) in [6, 6.07) is 5.09. The highest BCUT2D eigenvalue weighted by molar-refractivity contribution is 7.16. The molecule has 17 heavy (non-hydrogen) atoms. The largest absolute Gasteiger partial charge is 0.486 e. The third-order valence-corrected chi connectivity index (χ3v) is 3.17. The fourth-order valence-corrected chi connectivity index (χ4v) is 2.20. The first-order valence-corrected chi connectivity index (χ1v) is 5.90. The zero-order valence-electron chi connectivity index (χ0n) is 8.59. The molecule has 1 N–H and O–H groups in total. The molecule has 0 saturated heterocycles. The maximum atomic E-state index is 10.7. The summed E-state index contributed by atoms with van der Waals surface area (Å²) < 4.78 is 6.12. The number of nitrogens with zero attached hydrogens (tertiary/aromatic N) is 1. The average molecular weight is 270 g/mol. The van der Waals surface area contributed by atoms with Gasteiger partial charge in [-0.1, -0.05) is 11.6 Å². The molecule has 0 aliphatic rings. The Morgan fingerprint density at radius 3 is 2.94 bits per heavy atom. The first-order valence-electron chi connectivity index (χ1n) is 4.70. The minimum Gasteiger partial charge on any atom is -0.486 e. The number of aromatic nitrogens is 1. The van der Waals surface area contributed by atoms with Crippen molar-refractivity contribution in [2.24, 2.45) is 0 Å². The Labute approximate surface area is 106 Å². The minimum absolute atomic E-state index is 0.103. The zero-order chi connectivity index (χ0) is 12.3. The summed E-state index contributed by atoms with van der Waals surface area (Å²) >= 11 is 7.20. The van der Waals surface area contributed by atoms with Crippen LogP contribution in [0.5, 0.6) is 5.75 Å². The van der Waals surface area contributed by atoms with E-state index in [1.54, 1.807) is 6.07 Å². The van der Waals surface area contributed by atoms with Crippen LogP contribution in [-0.2, 0) is 6.61 Å². The van der Waals surface area contributed by atoms with Crippen molar-refractivity contribution in [1.29, 1.82) is 0 Å². The van der Waals surface area contributed by atoms with Gasteiger partial charge < -0.3 is 9.84 Å². The fourth-order valence-electron chi connectivity index (χ4n) is 1.20. The van der Waals surface area contributed by atoms with Crippen molar-refractivity contribution >= 4 is 28.9 Å². The predicted molar refractivity (Wildman–Crippen MR) is 64.9 cm³/mol. The van der Waals surface area contributed by atoms with Crippen LogP contribution in [0.3, 0.4) is 0 Å². The number of ether oxygens (including phenoxy) is 1. The van der Waals surface area contributed by atoms with Crippen molar-refractivity contribution in [2.75, 3.05) is 0 Å². The molecule has 6 heteroatoms. The number of hydrogen-bond acceptors (Lipinski definition) is 4. The summed E-state index contributed by atoms with van der Waals surface area (Å²) in [7, 11) is 0. The van der Waals surface area contributed by atoms with Crippen LogP contribution in [0.4, 0.5) is 0 Å². The number of hydrogen-bond donors (Lipinski definition) is 1. The second kappa shape index (κ2) is 5.16. The van der Waals surface area contributed by atoms with E-state index >= 15 is 0 Å². The van der Waals surface area contributed by atoms with Crippen LogP contribution in [0.25, 0.3) is 0 Å². The summed E-state index contributed by atoms with van der Waals surface area (Å²) in [5.74, 6) is -0.600. The summed E-state index contributed by atoms with van der Waals surface area (Å²) in [6.07, 6.45) is 2.75. The van der Waals surface area contributed by atoms with Crippen LogP contribution in [0.2, 0.25) is 4.34 Å². The molecule has 2 aromatic rings. The number of carboxylic acids is 1. The Morgan fingerprint density at radius 2 is 2.29 bits per heavy atom. The second-order valence-electron chi connectivity index (χ2n) is 3.21. The molecule has 0 aliphatic heterocycles. The molecule has 0 aliphatic carbocycles. The van der Waals surface area contributed by atoms with E-state index in [1.807, 2.05) is 6.07 Å². The van der Waals surface area contributed by atoms with Gasteiger partial charge in [0, 0.05) is 11.1 Å². The molecule has 0 aromatic carbocycles. The summed E-state index contributed by atoms with van der Waals surface area (Å²) in [5, 5.41) is 8.79. The van der Waals surface area contributed by atoms with Crippen LogP contribution >= 0.6 is 22.9 Å². The van der Waals surface area contributed by atoms with E-state index in [0.717, 1.165) is 4.88 Å². The Balaban J connectivity index is 2.04. The normalized spacial score (nSPS) is 10.2. The number of halogens is 1. The van der Waals surface area contributed by atoms with Gasteiger partial charge in [-0.15, -0.1) is 11.3 Å². The molecule has 4 nitrogen and oxygen atoms in total. The number of carboxylic acid groups (broad SMARTS) is 1. The van der Waals surface area contributed by atoms with E-state index in [4.69, 9.17) is 21.4 Å². The van der Waals surface area contributed by atoms with E-state index in [-0.39, 0.29) is 5.56 Å². The third kappa shape index (κ3) is 3.18. The van der Waals surface area contributed by atoms with Crippen LogP contribution < -0.4 is 4.74 Å². The highest BCUT2D eigenvalue weighted by Crippen LogP contribution is 2.23. The molecule has 0 amide bonds. The second-order valence-corrected chi connectivity index (χ2v) is 5.01. The van der Waals surface area contributed by atoms with Crippen molar-refractivity contribution in [3.05, 3.63) is 45.4 Å².